The predicted molar refractivity (Wildman–Crippen MR) is 93.7 cm³/mol. The molecule has 0 saturated heterocycles. The van der Waals surface area contributed by atoms with Gasteiger partial charge >= 0.3 is 0 Å². The minimum absolute atomic E-state index is 0.0941. The number of sulfonamides is 1. The van der Waals surface area contributed by atoms with Gasteiger partial charge in [-0.1, -0.05) is 6.07 Å². The van der Waals surface area contributed by atoms with E-state index < -0.39 is 10.0 Å². The third kappa shape index (κ3) is 3.92. The van der Waals surface area contributed by atoms with Crippen LogP contribution in [0.3, 0.4) is 0 Å². The smallest absolute Gasteiger partial charge is 0.267 e. The highest BCUT2D eigenvalue weighted by Crippen LogP contribution is 2.20. The topological polar surface area (TPSA) is 108 Å². The number of anilines is 1. The first-order valence-electron chi connectivity index (χ1n) is 7.21. The van der Waals surface area contributed by atoms with E-state index >= 15 is 0 Å². The van der Waals surface area contributed by atoms with Gasteiger partial charge in [0, 0.05) is 18.9 Å². The molecular formula is C15H15N5O3S2. The van der Waals surface area contributed by atoms with Gasteiger partial charge in [0.25, 0.3) is 5.91 Å². The first kappa shape index (κ1) is 17.3. The Morgan fingerprint density at radius 3 is 2.88 bits per heavy atom. The Bertz CT molecular complexity index is 953. The number of hydrogen-bond acceptors (Lipinski definition) is 6. The third-order valence-electron chi connectivity index (χ3n) is 3.41. The molecule has 0 saturated carbocycles. The fourth-order valence-electron chi connectivity index (χ4n) is 2.13. The largest absolute Gasteiger partial charge is 0.321 e. The third-order valence-corrected chi connectivity index (χ3v) is 5.98. The predicted octanol–water partition coefficient (Wildman–Crippen LogP) is 1.94. The van der Waals surface area contributed by atoms with Crippen molar-refractivity contribution < 1.29 is 13.2 Å². The van der Waals surface area contributed by atoms with Gasteiger partial charge in [0.15, 0.2) is 0 Å². The van der Waals surface area contributed by atoms with Gasteiger partial charge in [0.05, 0.1) is 28.8 Å². The van der Waals surface area contributed by atoms with Crippen molar-refractivity contribution in [1.29, 1.82) is 0 Å². The molecule has 25 heavy (non-hydrogen) atoms. The summed E-state index contributed by atoms with van der Waals surface area (Å²) in [5.74, 6) is -0.331. The van der Waals surface area contributed by atoms with Crippen LogP contribution < -0.4 is 5.32 Å². The van der Waals surface area contributed by atoms with Gasteiger partial charge in [0.2, 0.25) is 10.0 Å². The summed E-state index contributed by atoms with van der Waals surface area (Å²) in [4.78, 5) is 16.5. The van der Waals surface area contributed by atoms with Crippen LogP contribution in [-0.2, 0) is 16.6 Å². The monoisotopic (exact) mass is 377 g/mol. The van der Waals surface area contributed by atoms with Crippen LogP contribution in [0.25, 0.3) is 0 Å². The maximum atomic E-state index is 12.7. The molecule has 3 aromatic rings. The molecule has 10 heteroatoms. The molecule has 2 aromatic heterocycles. The van der Waals surface area contributed by atoms with Crippen molar-refractivity contribution in [2.75, 3.05) is 12.4 Å². The number of amides is 1. The highest BCUT2D eigenvalue weighted by molar-refractivity contribution is 7.89. The Morgan fingerprint density at radius 1 is 1.36 bits per heavy atom. The summed E-state index contributed by atoms with van der Waals surface area (Å²) in [5.41, 5.74) is 2.63. The molecule has 3 rings (SSSR count). The first-order chi connectivity index (χ1) is 12.0. The molecule has 0 aliphatic rings. The Morgan fingerprint density at radius 2 is 2.20 bits per heavy atom. The number of thiazole rings is 1. The molecule has 2 N–H and O–H groups in total. The fourth-order valence-corrected chi connectivity index (χ4v) is 3.84. The molecule has 8 nitrogen and oxygen atoms in total. The average Bonchev–Trinajstić information content (AvgIpc) is 3.28. The summed E-state index contributed by atoms with van der Waals surface area (Å²) in [6.45, 7) is 0.166. The van der Waals surface area contributed by atoms with E-state index in [-0.39, 0.29) is 17.3 Å². The SMILES string of the molecule is CN(Cc1ccn[nH]1)S(=O)(=O)c1cccc(NC(=O)c2cncs2)c1. The summed E-state index contributed by atoms with van der Waals surface area (Å²) in [5, 5.41) is 9.20. The van der Waals surface area contributed by atoms with Crippen molar-refractivity contribution in [2.45, 2.75) is 11.4 Å². The normalized spacial score (nSPS) is 11.6. The lowest BCUT2D eigenvalue weighted by Gasteiger charge is -2.17. The van der Waals surface area contributed by atoms with E-state index in [0.717, 1.165) is 0 Å². The van der Waals surface area contributed by atoms with Gasteiger partial charge in [-0.25, -0.2) is 8.42 Å². The molecular weight excluding hydrogens is 362 g/mol. The Hall–Kier alpha value is -2.56. The van der Waals surface area contributed by atoms with Crippen molar-refractivity contribution in [2.24, 2.45) is 0 Å². The van der Waals surface area contributed by atoms with Crippen LogP contribution in [0.2, 0.25) is 0 Å². The van der Waals surface area contributed by atoms with E-state index in [1.165, 1.54) is 41.0 Å². The molecule has 0 atom stereocenters. The van der Waals surface area contributed by atoms with Gasteiger partial charge < -0.3 is 5.32 Å². The molecule has 0 bridgehead atoms. The van der Waals surface area contributed by atoms with Crippen molar-refractivity contribution in [1.82, 2.24) is 19.5 Å². The molecule has 1 aromatic carbocycles. The molecule has 0 aliphatic heterocycles. The van der Waals surface area contributed by atoms with Crippen molar-refractivity contribution in [3.05, 3.63) is 58.8 Å². The number of hydrogen-bond donors (Lipinski definition) is 2. The van der Waals surface area contributed by atoms with Crippen molar-refractivity contribution >= 4 is 33.0 Å². The second-order valence-electron chi connectivity index (χ2n) is 5.19. The number of rotatable bonds is 6. The first-order valence-corrected chi connectivity index (χ1v) is 9.53. The summed E-state index contributed by atoms with van der Waals surface area (Å²) in [6, 6.07) is 7.84. The van der Waals surface area contributed by atoms with Crippen LogP contribution in [0.15, 0.2) is 53.1 Å². The lowest BCUT2D eigenvalue weighted by molar-refractivity contribution is 0.103. The van der Waals surface area contributed by atoms with Crippen LogP contribution in [0.4, 0.5) is 5.69 Å². The van der Waals surface area contributed by atoms with E-state index in [9.17, 15) is 13.2 Å². The molecule has 130 valence electrons. The van der Waals surface area contributed by atoms with Crippen LogP contribution in [0, 0.1) is 0 Å². The maximum Gasteiger partial charge on any atom is 0.267 e. The van der Waals surface area contributed by atoms with Gasteiger partial charge in [-0.2, -0.15) is 9.40 Å². The number of carbonyl (C=O) groups excluding carboxylic acids is 1. The quantitative estimate of drug-likeness (QED) is 0.682. The van der Waals surface area contributed by atoms with Crippen LogP contribution >= 0.6 is 11.3 Å². The minimum atomic E-state index is -3.70. The highest BCUT2D eigenvalue weighted by Gasteiger charge is 2.22. The summed E-state index contributed by atoms with van der Waals surface area (Å²) in [6.07, 6.45) is 3.02. The minimum Gasteiger partial charge on any atom is -0.321 e. The van der Waals surface area contributed by atoms with Gasteiger partial charge in [-0.15, -0.1) is 11.3 Å². The lowest BCUT2D eigenvalue weighted by Crippen LogP contribution is -2.26. The lowest BCUT2D eigenvalue weighted by atomic mass is 10.3. The summed E-state index contributed by atoms with van der Waals surface area (Å²) < 4.78 is 26.6. The molecule has 0 fully saturated rings. The number of benzene rings is 1. The molecule has 1 amide bonds. The van der Waals surface area contributed by atoms with Crippen LogP contribution in [-0.4, -0.2) is 40.9 Å². The van der Waals surface area contributed by atoms with E-state index in [2.05, 4.69) is 20.5 Å². The zero-order chi connectivity index (χ0) is 17.9. The zero-order valence-electron chi connectivity index (χ0n) is 13.2. The Balaban J connectivity index is 1.79. The number of carbonyl (C=O) groups is 1. The van der Waals surface area contributed by atoms with E-state index in [4.69, 9.17) is 0 Å². The number of H-pyrrole nitrogens is 1. The maximum absolute atomic E-state index is 12.7. The van der Waals surface area contributed by atoms with E-state index in [0.29, 0.717) is 16.3 Å². The van der Waals surface area contributed by atoms with Crippen LogP contribution in [0.5, 0.6) is 0 Å². The standard InChI is InChI=1S/C15H15N5O3S2/c1-20(9-12-5-6-17-19-12)25(22,23)13-4-2-3-11(7-13)18-15(21)14-8-16-10-24-14/h2-8,10H,9H2,1H3,(H,17,19)(H,18,21). The average molecular weight is 377 g/mol. The number of nitrogens with one attached hydrogen (secondary N) is 2. The van der Waals surface area contributed by atoms with Crippen molar-refractivity contribution in [3.8, 4) is 0 Å². The molecule has 0 unspecified atom stereocenters. The number of aromatic amines is 1. The van der Waals surface area contributed by atoms with Crippen LogP contribution in [0.1, 0.15) is 15.4 Å². The zero-order valence-corrected chi connectivity index (χ0v) is 14.8. The fraction of sp³-hybridized carbons (Fsp3) is 0.133. The number of nitrogens with zero attached hydrogens (tertiary/aromatic N) is 3. The van der Waals surface area contributed by atoms with Gasteiger partial charge in [-0.3, -0.25) is 14.9 Å². The Kier molecular flexibility index (Phi) is 4.93. The molecule has 0 aliphatic carbocycles. The van der Waals surface area contributed by atoms with E-state index in [1.807, 2.05) is 0 Å². The van der Waals surface area contributed by atoms with Gasteiger partial charge in [0.1, 0.15) is 4.88 Å². The Labute approximate surface area is 148 Å². The van der Waals surface area contributed by atoms with Gasteiger partial charge in [-0.05, 0) is 24.3 Å². The molecule has 0 spiro atoms. The molecule has 0 radical (unpaired) electrons. The summed E-state index contributed by atoms with van der Waals surface area (Å²) >= 11 is 1.21. The molecule has 2 heterocycles. The number of aromatic nitrogens is 3. The second-order valence-corrected chi connectivity index (χ2v) is 8.12. The highest BCUT2D eigenvalue weighted by atomic mass is 32.2. The summed E-state index contributed by atoms with van der Waals surface area (Å²) in [7, 11) is -2.22. The second kappa shape index (κ2) is 7.13. The van der Waals surface area contributed by atoms with E-state index in [1.54, 1.807) is 29.9 Å². The van der Waals surface area contributed by atoms with Crippen molar-refractivity contribution in [3.63, 3.8) is 0 Å².